The van der Waals surface area contributed by atoms with Crippen molar-refractivity contribution in [1.82, 2.24) is 9.97 Å². The van der Waals surface area contributed by atoms with Gasteiger partial charge in [-0.3, -0.25) is 0 Å². The van der Waals surface area contributed by atoms with E-state index < -0.39 is 0 Å². The van der Waals surface area contributed by atoms with Gasteiger partial charge in [-0.1, -0.05) is 6.07 Å². The van der Waals surface area contributed by atoms with Crippen LogP contribution < -0.4 is 14.7 Å². The van der Waals surface area contributed by atoms with E-state index in [0.717, 1.165) is 75.6 Å². The van der Waals surface area contributed by atoms with Gasteiger partial charge in [0.2, 0.25) is 0 Å². The van der Waals surface area contributed by atoms with E-state index in [-0.39, 0.29) is 0 Å². The van der Waals surface area contributed by atoms with Crippen LogP contribution in [-0.2, 0) is 4.74 Å². The molecule has 4 rings (SSSR count). The quantitative estimate of drug-likeness (QED) is 0.823. The lowest BCUT2D eigenvalue weighted by Gasteiger charge is -2.37. The lowest BCUT2D eigenvalue weighted by Crippen LogP contribution is -2.47. The van der Waals surface area contributed by atoms with Crippen LogP contribution in [0.3, 0.4) is 0 Å². The predicted octanol–water partition coefficient (Wildman–Crippen LogP) is 1.82. The van der Waals surface area contributed by atoms with E-state index in [1.807, 2.05) is 25.1 Å². The molecule has 1 aromatic heterocycles. The van der Waals surface area contributed by atoms with Crippen molar-refractivity contribution in [3.63, 3.8) is 0 Å². The molecule has 7 nitrogen and oxygen atoms in total. The van der Waals surface area contributed by atoms with E-state index in [1.54, 1.807) is 0 Å². The van der Waals surface area contributed by atoms with Crippen molar-refractivity contribution < 1.29 is 4.74 Å². The first-order chi connectivity index (χ1) is 13.2. The van der Waals surface area contributed by atoms with E-state index in [4.69, 9.17) is 10.00 Å². The zero-order valence-corrected chi connectivity index (χ0v) is 15.6. The number of nitrogens with zero attached hydrogens (tertiary/aromatic N) is 6. The number of benzene rings is 1. The third-order valence-corrected chi connectivity index (χ3v) is 5.09. The summed E-state index contributed by atoms with van der Waals surface area (Å²) < 4.78 is 5.45. The molecule has 0 spiro atoms. The maximum absolute atomic E-state index is 9.11. The number of morpholine rings is 1. The predicted molar refractivity (Wildman–Crippen MR) is 105 cm³/mol. The van der Waals surface area contributed by atoms with Crippen molar-refractivity contribution in [1.29, 1.82) is 5.26 Å². The number of hydrogen-bond donors (Lipinski definition) is 0. The average molecular weight is 364 g/mol. The van der Waals surface area contributed by atoms with Crippen molar-refractivity contribution >= 4 is 17.3 Å². The normalized spacial score (nSPS) is 17.7. The maximum atomic E-state index is 9.11. The second-order valence-electron chi connectivity index (χ2n) is 6.87. The molecule has 0 amide bonds. The Bertz CT molecular complexity index is 835. The van der Waals surface area contributed by atoms with Crippen LogP contribution >= 0.6 is 0 Å². The minimum absolute atomic E-state index is 0.705. The van der Waals surface area contributed by atoms with Gasteiger partial charge in [0.1, 0.15) is 17.5 Å². The summed E-state index contributed by atoms with van der Waals surface area (Å²) in [6.45, 7) is 8.81. The molecule has 0 N–H and O–H groups in total. The molecule has 0 aliphatic carbocycles. The summed E-state index contributed by atoms with van der Waals surface area (Å²) in [5, 5.41) is 9.11. The zero-order chi connectivity index (χ0) is 18.6. The highest BCUT2D eigenvalue weighted by molar-refractivity contribution is 5.55. The van der Waals surface area contributed by atoms with Gasteiger partial charge < -0.3 is 19.4 Å². The van der Waals surface area contributed by atoms with Crippen molar-refractivity contribution in [2.45, 2.75) is 6.92 Å². The fraction of sp³-hybridized carbons (Fsp3) is 0.450. The molecule has 140 valence electrons. The Kier molecular flexibility index (Phi) is 5.07. The summed E-state index contributed by atoms with van der Waals surface area (Å²) in [5.74, 6) is 2.79. The van der Waals surface area contributed by atoms with Crippen LogP contribution in [-0.4, -0.2) is 62.5 Å². The van der Waals surface area contributed by atoms with E-state index >= 15 is 0 Å². The number of aromatic nitrogens is 2. The third-order valence-electron chi connectivity index (χ3n) is 5.09. The second kappa shape index (κ2) is 7.80. The number of anilines is 3. The van der Waals surface area contributed by atoms with E-state index in [2.05, 4.69) is 42.9 Å². The minimum Gasteiger partial charge on any atom is -0.378 e. The lowest BCUT2D eigenvalue weighted by molar-refractivity contribution is 0.122. The molecule has 2 aromatic rings. The van der Waals surface area contributed by atoms with Crippen LogP contribution in [0.1, 0.15) is 11.4 Å². The van der Waals surface area contributed by atoms with Crippen LogP contribution in [0.15, 0.2) is 30.3 Å². The minimum atomic E-state index is 0.705. The number of piperazine rings is 1. The van der Waals surface area contributed by atoms with Gasteiger partial charge in [-0.05, 0) is 25.1 Å². The number of nitriles is 1. The lowest BCUT2D eigenvalue weighted by atomic mass is 10.2. The molecular weight excluding hydrogens is 340 g/mol. The molecule has 0 radical (unpaired) electrons. The highest BCUT2D eigenvalue weighted by Gasteiger charge is 2.21. The summed E-state index contributed by atoms with van der Waals surface area (Å²) in [6.07, 6.45) is 0. The number of aryl methyl sites for hydroxylation is 1. The Morgan fingerprint density at radius 3 is 2.19 bits per heavy atom. The molecule has 0 unspecified atom stereocenters. The smallest absolute Gasteiger partial charge is 0.134 e. The zero-order valence-electron chi connectivity index (χ0n) is 15.6. The third kappa shape index (κ3) is 3.96. The first-order valence-corrected chi connectivity index (χ1v) is 9.41. The van der Waals surface area contributed by atoms with Crippen molar-refractivity contribution in [3.8, 4) is 6.07 Å². The van der Waals surface area contributed by atoms with Gasteiger partial charge in [-0.25, -0.2) is 9.97 Å². The van der Waals surface area contributed by atoms with E-state index in [1.165, 1.54) is 0 Å². The van der Waals surface area contributed by atoms with Gasteiger partial charge in [0, 0.05) is 51.0 Å². The van der Waals surface area contributed by atoms with Gasteiger partial charge in [0.05, 0.1) is 24.8 Å². The molecule has 1 aromatic carbocycles. The van der Waals surface area contributed by atoms with Gasteiger partial charge in [0.15, 0.2) is 0 Å². The van der Waals surface area contributed by atoms with Gasteiger partial charge in [0.25, 0.3) is 0 Å². The Morgan fingerprint density at radius 1 is 0.889 bits per heavy atom. The summed E-state index contributed by atoms with van der Waals surface area (Å²) in [4.78, 5) is 16.2. The van der Waals surface area contributed by atoms with E-state index in [0.29, 0.717) is 5.56 Å². The molecule has 2 fully saturated rings. The summed E-state index contributed by atoms with van der Waals surface area (Å²) in [7, 11) is 0. The monoisotopic (exact) mass is 364 g/mol. The summed E-state index contributed by atoms with van der Waals surface area (Å²) in [5.41, 5.74) is 1.82. The molecule has 0 atom stereocenters. The first kappa shape index (κ1) is 17.6. The van der Waals surface area contributed by atoms with Crippen molar-refractivity contribution in [2.75, 3.05) is 67.2 Å². The summed E-state index contributed by atoms with van der Waals surface area (Å²) in [6, 6.07) is 12.1. The SMILES string of the molecule is Cc1nc(N2CCOCC2)cc(N2CCN(c3cccc(C#N)c3)CC2)n1. The molecule has 0 saturated carbocycles. The molecule has 0 bridgehead atoms. The van der Waals surface area contributed by atoms with Crippen molar-refractivity contribution in [3.05, 3.63) is 41.7 Å². The topological polar surface area (TPSA) is 68.5 Å². The molecule has 7 heteroatoms. The molecule has 2 aliphatic rings. The fourth-order valence-corrected chi connectivity index (χ4v) is 3.62. The average Bonchev–Trinajstić information content (AvgIpc) is 2.74. The van der Waals surface area contributed by atoms with Crippen LogP contribution in [0, 0.1) is 18.3 Å². The molecular formula is C20H24N6O. The summed E-state index contributed by atoms with van der Waals surface area (Å²) >= 11 is 0. The number of ether oxygens (including phenoxy) is 1. The Labute approximate surface area is 159 Å². The first-order valence-electron chi connectivity index (χ1n) is 9.41. The second-order valence-corrected chi connectivity index (χ2v) is 6.87. The standard InChI is InChI=1S/C20H24N6O/c1-16-22-19(14-20(23-16)26-9-11-27-12-10-26)25-7-5-24(6-8-25)18-4-2-3-17(13-18)15-21/h2-4,13-14H,5-12H2,1H3. The number of rotatable bonds is 3. The molecule has 2 aliphatic heterocycles. The highest BCUT2D eigenvalue weighted by Crippen LogP contribution is 2.23. The molecule has 2 saturated heterocycles. The van der Waals surface area contributed by atoms with Gasteiger partial charge >= 0.3 is 0 Å². The van der Waals surface area contributed by atoms with Gasteiger partial charge in [-0.2, -0.15) is 5.26 Å². The van der Waals surface area contributed by atoms with Crippen LogP contribution in [0.25, 0.3) is 0 Å². The van der Waals surface area contributed by atoms with Gasteiger partial charge in [-0.15, -0.1) is 0 Å². The molecule has 27 heavy (non-hydrogen) atoms. The Balaban J connectivity index is 1.46. The Hall–Kier alpha value is -2.85. The maximum Gasteiger partial charge on any atom is 0.134 e. The Morgan fingerprint density at radius 2 is 1.52 bits per heavy atom. The molecule has 3 heterocycles. The highest BCUT2D eigenvalue weighted by atomic mass is 16.5. The van der Waals surface area contributed by atoms with Crippen LogP contribution in [0.5, 0.6) is 0 Å². The van der Waals surface area contributed by atoms with Crippen LogP contribution in [0.2, 0.25) is 0 Å². The van der Waals surface area contributed by atoms with Crippen molar-refractivity contribution in [2.24, 2.45) is 0 Å². The number of hydrogen-bond acceptors (Lipinski definition) is 7. The van der Waals surface area contributed by atoms with Crippen LogP contribution in [0.4, 0.5) is 17.3 Å². The largest absolute Gasteiger partial charge is 0.378 e. The fourth-order valence-electron chi connectivity index (χ4n) is 3.62. The van der Waals surface area contributed by atoms with E-state index in [9.17, 15) is 0 Å².